The third-order valence-electron chi connectivity index (χ3n) is 18.5. The van der Waals surface area contributed by atoms with Crippen LogP contribution < -0.4 is 11.5 Å². The fourth-order valence-electron chi connectivity index (χ4n) is 15.4. The van der Waals surface area contributed by atoms with Crippen molar-refractivity contribution in [2.45, 2.75) is 155 Å². The van der Waals surface area contributed by atoms with Crippen LogP contribution in [0.1, 0.15) is 130 Å². The van der Waals surface area contributed by atoms with Crippen molar-refractivity contribution in [1.82, 2.24) is 0 Å². The minimum Gasteiger partial charge on any atom is -0.462 e. The van der Waals surface area contributed by atoms with E-state index < -0.39 is 81.8 Å². The zero-order valence-electron chi connectivity index (χ0n) is 36.9. The standard InChI is InChI=1S/C48H66N2O12/c1-45-15-11-31-27(29(45)5-7-37(45)53)23-35(51)33-19-25(59-43(57)13-17-49)21-39(47(31,33)3)61-41(55)9-10-42(56)62-40-22-26(60-44(58)14-18-50)20-34-36(52)24-28-30-6-8-38(54)46(30,2)16-12-32(28)48(34,40)4/h9-10,25-34,39-40H,5-8,11-24,49-50H2,1-4H3/b10-9+/t25?,26?,27-,28-,29-,30-,31+,32+,33?,34?,39?,40?,45-,46-,47+,48+/m0/s1. The number of rotatable bonds is 10. The summed E-state index contributed by atoms with van der Waals surface area (Å²) in [7, 11) is 0. The first-order valence-corrected chi connectivity index (χ1v) is 23.4. The van der Waals surface area contributed by atoms with Gasteiger partial charge in [0.2, 0.25) is 0 Å². The number of ketones is 4. The van der Waals surface area contributed by atoms with Crippen molar-refractivity contribution in [2.75, 3.05) is 13.1 Å². The maximum absolute atomic E-state index is 14.2. The first-order valence-electron chi connectivity index (χ1n) is 23.4. The van der Waals surface area contributed by atoms with Gasteiger partial charge in [-0.05, 0) is 86.9 Å². The third kappa shape index (κ3) is 7.30. The van der Waals surface area contributed by atoms with Crippen LogP contribution in [0, 0.1) is 69.0 Å². The van der Waals surface area contributed by atoms with E-state index >= 15 is 0 Å². The average molecular weight is 863 g/mol. The van der Waals surface area contributed by atoms with Crippen LogP contribution >= 0.6 is 0 Å². The molecule has 0 spiro atoms. The topological polar surface area (TPSA) is 226 Å². The average Bonchev–Trinajstić information content (AvgIpc) is 3.69. The summed E-state index contributed by atoms with van der Waals surface area (Å²) >= 11 is 0. The fourth-order valence-corrected chi connectivity index (χ4v) is 15.4. The Morgan fingerprint density at radius 2 is 0.952 bits per heavy atom. The zero-order valence-corrected chi connectivity index (χ0v) is 36.9. The van der Waals surface area contributed by atoms with Crippen LogP contribution in [0.4, 0.5) is 0 Å². The summed E-state index contributed by atoms with van der Waals surface area (Å²) in [5.41, 5.74) is 8.69. The van der Waals surface area contributed by atoms with Gasteiger partial charge in [-0.3, -0.25) is 28.8 Å². The second kappa shape index (κ2) is 16.7. The second-order valence-corrected chi connectivity index (χ2v) is 21.2. The number of hydrogen-bond donors (Lipinski definition) is 2. The smallest absolute Gasteiger partial charge is 0.331 e. The molecule has 8 rings (SSSR count). The van der Waals surface area contributed by atoms with E-state index in [9.17, 15) is 38.4 Å². The Morgan fingerprint density at radius 3 is 1.32 bits per heavy atom. The number of hydrogen-bond acceptors (Lipinski definition) is 14. The lowest BCUT2D eigenvalue weighted by molar-refractivity contribution is -0.204. The lowest BCUT2D eigenvalue weighted by Crippen LogP contribution is -2.63. The molecule has 340 valence electrons. The van der Waals surface area contributed by atoms with Crippen LogP contribution in [0.25, 0.3) is 0 Å². The van der Waals surface area contributed by atoms with Gasteiger partial charge in [-0.15, -0.1) is 0 Å². The predicted octanol–water partition coefficient (Wildman–Crippen LogP) is 4.69. The zero-order chi connectivity index (χ0) is 44.5. The van der Waals surface area contributed by atoms with Crippen LogP contribution in [0.5, 0.6) is 0 Å². The highest BCUT2D eigenvalue weighted by Crippen LogP contribution is 2.67. The molecule has 8 fully saturated rings. The van der Waals surface area contributed by atoms with E-state index in [0.717, 1.165) is 25.0 Å². The maximum Gasteiger partial charge on any atom is 0.331 e. The lowest BCUT2D eigenvalue weighted by Gasteiger charge is -2.61. The highest BCUT2D eigenvalue weighted by molar-refractivity contribution is 5.92. The number of esters is 4. The van der Waals surface area contributed by atoms with Gasteiger partial charge in [0.05, 0.1) is 12.8 Å². The molecule has 62 heavy (non-hydrogen) atoms. The van der Waals surface area contributed by atoms with Crippen molar-refractivity contribution in [2.24, 2.45) is 80.5 Å². The van der Waals surface area contributed by atoms with Crippen LogP contribution in [0.2, 0.25) is 0 Å². The summed E-state index contributed by atoms with van der Waals surface area (Å²) in [5.74, 6) is -3.19. The number of carbonyl (C=O) groups excluding carboxylic acids is 8. The largest absolute Gasteiger partial charge is 0.462 e. The molecule has 0 heterocycles. The fraction of sp³-hybridized carbons (Fsp3) is 0.792. The Bertz CT molecular complexity index is 1800. The summed E-state index contributed by atoms with van der Waals surface area (Å²) in [6.07, 6.45) is 5.82. The Kier molecular flexibility index (Phi) is 12.0. The number of nitrogens with two attached hydrogens (primary N) is 2. The summed E-state index contributed by atoms with van der Waals surface area (Å²) in [6, 6.07) is 0. The molecule has 0 aromatic rings. The molecular formula is C48H66N2O12. The summed E-state index contributed by atoms with van der Waals surface area (Å²) in [4.78, 5) is 108. The first kappa shape index (κ1) is 44.8. The highest BCUT2D eigenvalue weighted by Gasteiger charge is 2.67. The SMILES string of the molecule is C[C@]12C(OC(=O)/C=C/C(=O)OC3CC(OC(=O)CCN)CC4C(=O)C[C@@H]5[C@@H](CC[C@]6(C)C(=O)CC[C@@H]56)[C@@]34C)CC(OC(=O)CCN)CC1C(=O)C[C@@H]1[C@H]2CC[C@]2(C)C(=O)CC[C@@H]12. The van der Waals surface area contributed by atoms with Gasteiger partial charge in [-0.1, -0.05) is 27.7 Å². The molecule has 0 saturated heterocycles. The van der Waals surface area contributed by atoms with Crippen molar-refractivity contribution in [3.63, 3.8) is 0 Å². The molecule has 8 saturated carbocycles. The van der Waals surface area contributed by atoms with Gasteiger partial charge >= 0.3 is 23.9 Å². The molecule has 4 N–H and O–H groups in total. The summed E-state index contributed by atoms with van der Waals surface area (Å²) in [6.45, 7) is 8.29. The van der Waals surface area contributed by atoms with E-state index in [2.05, 4.69) is 0 Å². The van der Waals surface area contributed by atoms with E-state index in [1.165, 1.54) is 0 Å². The van der Waals surface area contributed by atoms with Gasteiger partial charge in [0.1, 0.15) is 47.5 Å². The van der Waals surface area contributed by atoms with Gasteiger partial charge in [-0.2, -0.15) is 0 Å². The Balaban J connectivity index is 1.03. The molecule has 16 atom stereocenters. The van der Waals surface area contributed by atoms with E-state index in [4.69, 9.17) is 30.4 Å². The van der Waals surface area contributed by atoms with E-state index in [0.29, 0.717) is 64.2 Å². The minimum absolute atomic E-state index is 0.00748. The third-order valence-corrected chi connectivity index (χ3v) is 18.5. The Hall–Kier alpha value is -3.78. The highest BCUT2D eigenvalue weighted by atomic mass is 16.6. The Morgan fingerprint density at radius 1 is 0.565 bits per heavy atom. The molecule has 0 amide bonds. The maximum atomic E-state index is 14.2. The monoisotopic (exact) mass is 862 g/mol. The Labute approximate surface area is 364 Å². The molecule has 8 aliphatic rings. The van der Waals surface area contributed by atoms with Crippen molar-refractivity contribution in [1.29, 1.82) is 0 Å². The quantitative estimate of drug-likeness (QED) is 0.173. The van der Waals surface area contributed by atoms with Crippen LogP contribution in [-0.4, -0.2) is 84.5 Å². The lowest BCUT2D eigenvalue weighted by atomic mass is 9.44. The molecule has 0 radical (unpaired) electrons. The number of Topliss-reactive ketones (excluding diaryl/α,β-unsaturated/α-hetero) is 4. The molecular weight excluding hydrogens is 797 g/mol. The molecule has 14 heteroatoms. The van der Waals surface area contributed by atoms with Crippen LogP contribution in [-0.2, 0) is 57.3 Å². The molecule has 14 nitrogen and oxygen atoms in total. The van der Waals surface area contributed by atoms with Gasteiger partial charge in [0, 0.05) is 97.3 Å². The van der Waals surface area contributed by atoms with Gasteiger partial charge in [0.15, 0.2) is 0 Å². The number of carbonyl (C=O) groups is 8. The van der Waals surface area contributed by atoms with Crippen LogP contribution in [0.3, 0.4) is 0 Å². The molecule has 0 bridgehead atoms. The van der Waals surface area contributed by atoms with Gasteiger partial charge in [0.25, 0.3) is 0 Å². The molecule has 8 aliphatic carbocycles. The molecule has 0 aliphatic heterocycles. The van der Waals surface area contributed by atoms with E-state index in [1.807, 2.05) is 27.7 Å². The van der Waals surface area contributed by atoms with Crippen molar-refractivity contribution in [3.05, 3.63) is 12.2 Å². The van der Waals surface area contributed by atoms with Crippen molar-refractivity contribution < 1.29 is 57.3 Å². The van der Waals surface area contributed by atoms with Gasteiger partial charge in [-0.25, -0.2) is 9.59 Å². The minimum atomic E-state index is -0.838. The van der Waals surface area contributed by atoms with E-state index in [1.54, 1.807) is 0 Å². The van der Waals surface area contributed by atoms with Crippen molar-refractivity contribution in [3.8, 4) is 0 Å². The number of fused-ring (bicyclic) bond motifs is 10. The van der Waals surface area contributed by atoms with Crippen LogP contribution in [0.15, 0.2) is 12.2 Å². The van der Waals surface area contributed by atoms with E-state index in [-0.39, 0.29) is 97.4 Å². The molecule has 6 unspecified atom stereocenters. The van der Waals surface area contributed by atoms with Gasteiger partial charge < -0.3 is 30.4 Å². The normalized spacial score (nSPS) is 44.5. The summed E-state index contributed by atoms with van der Waals surface area (Å²) < 4.78 is 24.1. The predicted molar refractivity (Wildman–Crippen MR) is 221 cm³/mol. The summed E-state index contributed by atoms with van der Waals surface area (Å²) in [5, 5.41) is 0. The molecule has 0 aromatic heterocycles. The first-order chi connectivity index (χ1) is 29.4. The molecule has 0 aromatic carbocycles. The second-order valence-electron chi connectivity index (χ2n) is 21.2. The van der Waals surface area contributed by atoms with Crippen molar-refractivity contribution >= 4 is 47.0 Å². The number of ether oxygens (including phenoxy) is 4.